The third-order valence-corrected chi connectivity index (χ3v) is 4.34. The Bertz CT molecular complexity index is 307. The molecule has 0 saturated carbocycles. The van der Waals surface area contributed by atoms with Crippen molar-refractivity contribution in [2.75, 3.05) is 6.61 Å². The molecule has 2 unspecified atom stereocenters. The molecule has 1 saturated heterocycles. The predicted molar refractivity (Wildman–Crippen MR) is 65.3 cm³/mol. The van der Waals surface area contributed by atoms with Crippen LogP contribution in [0.5, 0.6) is 0 Å². The van der Waals surface area contributed by atoms with Gasteiger partial charge >= 0.3 is 0 Å². The molecule has 2 heterocycles. The second kappa shape index (κ2) is 5.43. The summed E-state index contributed by atoms with van der Waals surface area (Å²) in [7, 11) is 0. The fourth-order valence-electron chi connectivity index (χ4n) is 1.91. The minimum absolute atomic E-state index is 0.265. The zero-order chi connectivity index (χ0) is 10.7. The molecule has 1 aromatic heterocycles. The summed E-state index contributed by atoms with van der Waals surface area (Å²) >= 11 is 5.10. The van der Waals surface area contributed by atoms with Gasteiger partial charge in [0.1, 0.15) is 0 Å². The van der Waals surface area contributed by atoms with Crippen molar-refractivity contribution in [2.24, 2.45) is 0 Å². The summed E-state index contributed by atoms with van der Waals surface area (Å²) in [6.07, 6.45) is 3.78. The molecule has 0 radical (unpaired) electrons. The zero-order valence-corrected chi connectivity index (χ0v) is 10.9. The highest BCUT2D eigenvalue weighted by atomic mass is 79.9. The molecule has 1 aromatic rings. The Morgan fingerprint density at radius 1 is 1.67 bits per heavy atom. The van der Waals surface area contributed by atoms with Crippen LogP contribution in [-0.4, -0.2) is 23.9 Å². The summed E-state index contributed by atoms with van der Waals surface area (Å²) in [6.45, 7) is 0.863. The first-order valence-electron chi connectivity index (χ1n) is 5.26. The third kappa shape index (κ3) is 3.55. The largest absolute Gasteiger partial charge is 0.393 e. The second-order valence-corrected chi connectivity index (χ2v) is 5.87. The number of thiophene rings is 1. The lowest BCUT2D eigenvalue weighted by Gasteiger charge is -2.14. The summed E-state index contributed by atoms with van der Waals surface area (Å²) in [5.41, 5.74) is 0. The summed E-state index contributed by atoms with van der Waals surface area (Å²) in [6, 6.07) is 2.07. The van der Waals surface area contributed by atoms with E-state index in [0.717, 1.165) is 36.8 Å². The van der Waals surface area contributed by atoms with E-state index in [1.807, 2.05) is 5.38 Å². The molecule has 0 bridgehead atoms. The summed E-state index contributed by atoms with van der Waals surface area (Å²) in [5, 5.41) is 11.9. The van der Waals surface area contributed by atoms with E-state index in [2.05, 4.69) is 22.0 Å². The first-order chi connectivity index (χ1) is 7.24. The number of ether oxygens (including phenoxy) is 1. The molecule has 4 heteroatoms. The standard InChI is InChI=1S/C11H15BrO2S/c12-8-4-11(15-7-8)6-9(13)5-10-2-1-3-14-10/h4,7,9-10,13H,1-3,5-6H2. The molecule has 2 rings (SSSR count). The molecule has 15 heavy (non-hydrogen) atoms. The van der Waals surface area contributed by atoms with Gasteiger partial charge in [-0.1, -0.05) is 0 Å². The fourth-order valence-corrected chi connectivity index (χ4v) is 3.43. The van der Waals surface area contributed by atoms with Gasteiger partial charge in [0.25, 0.3) is 0 Å². The van der Waals surface area contributed by atoms with Crippen LogP contribution in [0.1, 0.15) is 24.1 Å². The Balaban J connectivity index is 1.78. The van der Waals surface area contributed by atoms with Crippen LogP contribution in [0.2, 0.25) is 0 Å². The molecular formula is C11H15BrO2S. The number of hydrogen-bond donors (Lipinski definition) is 1. The lowest BCUT2D eigenvalue weighted by Crippen LogP contribution is -2.18. The number of halogens is 1. The molecule has 1 fully saturated rings. The van der Waals surface area contributed by atoms with Crippen molar-refractivity contribution in [3.8, 4) is 0 Å². The molecule has 1 aliphatic rings. The molecule has 0 aliphatic carbocycles. The maximum atomic E-state index is 9.88. The van der Waals surface area contributed by atoms with E-state index in [1.165, 1.54) is 4.88 Å². The van der Waals surface area contributed by atoms with Crippen LogP contribution in [0.4, 0.5) is 0 Å². The summed E-state index contributed by atoms with van der Waals surface area (Å²) in [4.78, 5) is 1.23. The highest BCUT2D eigenvalue weighted by Crippen LogP contribution is 2.23. The topological polar surface area (TPSA) is 29.5 Å². The van der Waals surface area contributed by atoms with E-state index < -0.39 is 0 Å². The second-order valence-electron chi connectivity index (χ2n) is 3.96. The highest BCUT2D eigenvalue weighted by Gasteiger charge is 2.19. The van der Waals surface area contributed by atoms with Crippen molar-refractivity contribution in [1.29, 1.82) is 0 Å². The molecule has 0 amide bonds. The lowest BCUT2D eigenvalue weighted by molar-refractivity contribution is 0.0544. The van der Waals surface area contributed by atoms with Gasteiger partial charge in [0, 0.05) is 27.8 Å². The molecule has 1 aliphatic heterocycles. The van der Waals surface area contributed by atoms with Crippen LogP contribution in [0.15, 0.2) is 15.9 Å². The SMILES string of the molecule is OC(Cc1cc(Br)cs1)CC1CCCO1. The minimum atomic E-state index is -0.265. The van der Waals surface area contributed by atoms with Crippen LogP contribution in [0.3, 0.4) is 0 Å². The molecular weight excluding hydrogens is 276 g/mol. The van der Waals surface area contributed by atoms with Gasteiger partial charge in [-0.3, -0.25) is 0 Å². The van der Waals surface area contributed by atoms with Gasteiger partial charge in [0.15, 0.2) is 0 Å². The number of aliphatic hydroxyl groups is 1. The molecule has 2 atom stereocenters. The summed E-state index contributed by atoms with van der Waals surface area (Å²) < 4.78 is 6.60. The highest BCUT2D eigenvalue weighted by molar-refractivity contribution is 9.10. The van der Waals surface area contributed by atoms with Gasteiger partial charge in [-0.05, 0) is 41.3 Å². The van der Waals surface area contributed by atoms with Crippen molar-refractivity contribution < 1.29 is 9.84 Å². The molecule has 0 spiro atoms. The lowest BCUT2D eigenvalue weighted by atomic mass is 10.1. The van der Waals surface area contributed by atoms with Crippen molar-refractivity contribution in [1.82, 2.24) is 0 Å². The zero-order valence-electron chi connectivity index (χ0n) is 8.49. The smallest absolute Gasteiger partial charge is 0.0613 e. The maximum absolute atomic E-state index is 9.88. The Morgan fingerprint density at radius 3 is 3.13 bits per heavy atom. The normalized spacial score (nSPS) is 23.2. The molecule has 1 N–H and O–H groups in total. The van der Waals surface area contributed by atoms with E-state index in [9.17, 15) is 5.11 Å². The average molecular weight is 291 g/mol. The van der Waals surface area contributed by atoms with Gasteiger partial charge in [-0.15, -0.1) is 11.3 Å². The van der Waals surface area contributed by atoms with Crippen LogP contribution in [0, 0.1) is 0 Å². The van der Waals surface area contributed by atoms with Crippen LogP contribution < -0.4 is 0 Å². The van der Waals surface area contributed by atoms with E-state index in [0.29, 0.717) is 0 Å². The Hall–Kier alpha value is 0.1000. The van der Waals surface area contributed by atoms with Crippen LogP contribution in [0.25, 0.3) is 0 Å². The van der Waals surface area contributed by atoms with Crippen molar-refractivity contribution in [2.45, 2.75) is 37.9 Å². The summed E-state index contributed by atoms with van der Waals surface area (Å²) in [5.74, 6) is 0. The van der Waals surface area contributed by atoms with E-state index in [4.69, 9.17) is 4.74 Å². The van der Waals surface area contributed by atoms with E-state index >= 15 is 0 Å². The van der Waals surface area contributed by atoms with Gasteiger partial charge < -0.3 is 9.84 Å². The quantitative estimate of drug-likeness (QED) is 0.924. The Kier molecular flexibility index (Phi) is 4.20. The first-order valence-corrected chi connectivity index (χ1v) is 6.94. The van der Waals surface area contributed by atoms with Crippen molar-refractivity contribution >= 4 is 27.3 Å². The third-order valence-electron chi connectivity index (χ3n) is 2.62. The first kappa shape index (κ1) is 11.6. The molecule has 2 nitrogen and oxygen atoms in total. The Morgan fingerprint density at radius 2 is 2.53 bits per heavy atom. The number of aliphatic hydroxyl groups excluding tert-OH is 1. The fraction of sp³-hybridized carbons (Fsp3) is 0.636. The number of rotatable bonds is 4. The van der Waals surface area contributed by atoms with Gasteiger partial charge in [-0.2, -0.15) is 0 Å². The average Bonchev–Trinajstić information content (AvgIpc) is 2.77. The van der Waals surface area contributed by atoms with Gasteiger partial charge in [0.2, 0.25) is 0 Å². The van der Waals surface area contributed by atoms with Crippen molar-refractivity contribution in [3.05, 3.63) is 20.8 Å². The molecule has 0 aromatic carbocycles. The molecule has 84 valence electrons. The van der Waals surface area contributed by atoms with Crippen molar-refractivity contribution in [3.63, 3.8) is 0 Å². The van der Waals surface area contributed by atoms with E-state index in [1.54, 1.807) is 11.3 Å². The van der Waals surface area contributed by atoms with Gasteiger partial charge in [0.05, 0.1) is 12.2 Å². The number of hydrogen-bond acceptors (Lipinski definition) is 3. The maximum Gasteiger partial charge on any atom is 0.0613 e. The Labute approximate surface area is 102 Å². The minimum Gasteiger partial charge on any atom is -0.393 e. The monoisotopic (exact) mass is 290 g/mol. The van der Waals surface area contributed by atoms with E-state index in [-0.39, 0.29) is 12.2 Å². The van der Waals surface area contributed by atoms with Gasteiger partial charge in [-0.25, -0.2) is 0 Å². The van der Waals surface area contributed by atoms with Crippen LogP contribution in [-0.2, 0) is 11.2 Å². The van der Waals surface area contributed by atoms with Crippen LogP contribution >= 0.6 is 27.3 Å². The predicted octanol–water partition coefficient (Wildman–Crippen LogP) is 2.98.